The molecule has 2 nitrogen and oxygen atoms in total. The molecule has 0 bridgehead atoms. The van der Waals surface area contributed by atoms with Crippen LogP contribution >= 0.6 is 0 Å². The summed E-state index contributed by atoms with van der Waals surface area (Å²) in [5.41, 5.74) is -4.27. The molecule has 0 saturated heterocycles. The molecule has 0 fully saturated rings. The molecule has 0 aliphatic heterocycles. The van der Waals surface area contributed by atoms with Crippen molar-refractivity contribution in [3.8, 4) is 0 Å². The molecule has 0 aliphatic rings. The van der Waals surface area contributed by atoms with Crippen LogP contribution in [-0.2, 0) is 11.2 Å². The van der Waals surface area contributed by atoms with Crippen LogP contribution in [-0.4, -0.2) is 10.2 Å². The third kappa shape index (κ3) is 3.71. The zero-order chi connectivity index (χ0) is 17.4. The van der Waals surface area contributed by atoms with Crippen LogP contribution in [0, 0.1) is 23.3 Å². The van der Waals surface area contributed by atoms with E-state index in [1.54, 1.807) is 0 Å². The Balaban J connectivity index is 2.37. The van der Waals surface area contributed by atoms with Crippen molar-refractivity contribution in [1.29, 1.82) is 0 Å². The molecule has 0 radical (unpaired) electrons. The van der Waals surface area contributed by atoms with Crippen molar-refractivity contribution in [2.75, 3.05) is 0 Å². The molecule has 0 spiro atoms. The molecule has 2 rings (SSSR count). The number of hydrogen-bond acceptors (Lipinski definition) is 2. The predicted octanol–water partition coefficient (Wildman–Crippen LogP) is 3.75. The Morgan fingerprint density at radius 1 is 0.739 bits per heavy atom. The van der Waals surface area contributed by atoms with Crippen molar-refractivity contribution in [2.24, 2.45) is 0 Å². The molecule has 2 N–H and O–H groups in total. The third-order valence-corrected chi connectivity index (χ3v) is 3.71. The zero-order valence-corrected chi connectivity index (χ0v) is 12.6. The molecule has 0 aromatic heterocycles. The molecule has 124 valence electrons. The van der Waals surface area contributed by atoms with Crippen LogP contribution in [0.5, 0.6) is 0 Å². The summed E-state index contributed by atoms with van der Waals surface area (Å²) < 4.78 is 53.6. The van der Waals surface area contributed by atoms with Gasteiger partial charge in [0.1, 0.15) is 23.3 Å². The number of rotatable bonds is 4. The lowest BCUT2D eigenvalue weighted by Gasteiger charge is -2.33. The van der Waals surface area contributed by atoms with E-state index in [9.17, 15) is 27.8 Å². The first-order valence-corrected chi connectivity index (χ1v) is 6.89. The van der Waals surface area contributed by atoms with Gasteiger partial charge in [0.15, 0.2) is 0 Å². The van der Waals surface area contributed by atoms with E-state index < -0.39 is 40.9 Å². The van der Waals surface area contributed by atoms with Crippen LogP contribution in [0.15, 0.2) is 36.4 Å². The van der Waals surface area contributed by atoms with Crippen LogP contribution in [0.4, 0.5) is 17.6 Å². The van der Waals surface area contributed by atoms with E-state index in [1.165, 1.54) is 13.8 Å². The van der Waals surface area contributed by atoms with Crippen molar-refractivity contribution in [1.82, 2.24) is 0 Å². The molecule has 0 unspecified atom stereocenters. The van der Waals surface area contributed by atoms with Crippen LogP contribution in [0.2, 0.25) is 0 Å². The summed E-state index contributed by atoms with van der Waals surface area (Å²) in [6.45, 7) is 2.44. The molecule has 2 atom stereocenters. The van der Waals surface area contributed by atoms with E-state index in [0.717, 1.165) is 24.3 Å². The second-order valence-corrected chi connectivity index (χ2v) is 5.97. The fraction of sp³-hybridized carbons (Fsp3) is 0.294. The first-order chi connectivity index (χ1) is 10.5. The van der Waals surface area contributed by atoms with Gasteiger partial charge in [0.2, 0.25) is 0 Å². The number of benzene rings is 2. The Morgan fingerprint density at radius 2 is 1.09 bits per heavy atom. The summed E-state index contributed by atoms with van der Waals surface area (Å²) in [5.74, 6) is -3.58. The van der Waals surface area contributed by atoms with Gasteiger partial charge < -0.3 is 10.2 Å². The topological polar surface area (TPSA) is 40.5 Å². The quantitative estimate of drug-likeness (QED) is 0.839. The van der Waals surface area contributed by atoms with Gasteiger partial charge in [-0.05, 0) is 26.0 Å². The Hall–Kier alpha value is -1.92. The SMILES string of the molecule is C[C@@](O)(C[C@@](C)(O)c1ccc(F)cc1F)c1ccc(F)cc1F. The molecular formula is C17H16F4O2. The summed E-state index contributed by atoms with van der Waals surface area (Å²) in [6.07, 6.45) is -0.481. The highest BCUT2D eigenvalue weighted by molar-refractivity contribution is 5.29. The minimum absolute atomic E-state index is 0.235. The third-order valence-electron chi connectivity index (χ3n) is 3.71. The monoisotopic (exact) mass is 328 g/mol. The minimum Gasteiger partial charge on any atom is -0.385 e. The fourth-order valence-corrected chi connectivity index (χ4v) is 2.71. The summed E-state index contributed by atoms with van der Waals surface area (Å²) in [5, 5.41) is 21.0. The average Bonchev–Trinajstić information content (AvgIpc) is 2.35. The van der Waals surface area contributed by atoms with Gasteiger partial charge in [-0.1, -0.05) is 12.1 Å². The van der Waals surface area contributed by atoms with Crippen molar-refractivity contribution >= 4 is 0 Å². The largest absolute Gasteiger partial charge is 0.385 e. The molecule has 2 aromatic carbocycles. The summed E-state index contributed by atoms with van der Waals surface area (Å²) in [6, 6.07) is 5.28. The first-order valence-electron chi connectivity index (χ1n) is 6.89. The molecule has 23 heavy (non-hydrogen) atoms. The van der Waals surface area contributed by atoms with Gasteiger partial charge in [0, 0.05) is 29.7 Å². The van der Waals surface area contributed by atoms with Crippen LogP contribution in [0.1, 0.15) is 31.4 Å². The lowest BCUT2D eigenvalue weighted by Crippen LogP contribution is -2.35. The summed E-state index contributed by atoms with van der Waals surface area (Å²) >= 11 is 0. The minimum atomic E-state index is -1.90. The summed E-state index contributed by atoms with van der Waals surface area (Å²) in [4.78, 5) is 0. The van der Waals surface area contributed by atoms with Crippen molar-refractivity contribution in [3.63, 3.8) is 0 Å². The van der Waals surface area contributed by atoms with Gasteiger partial charge in [-0.25, -0.2) is 17.6 Å². The molecule has 2 aromatic rings. The number of hydrogen-bond donors (Lipinski definition) is 2. The normalized spacial score (nSPS) is 16.7. The van der Waals surface area contributed by atoms with Crippen LogP contribution in [0.25, 0.3) is 0 Å². The fourth-order valence-electron chi connectivity index (χ4n) is 2.71. The highest BCUT2D eigenvalue weighted by Crippen LogP contribution is 2.38. The van der Waals surface area contributed by atoms with Gasteiger partial charge >= 0.3 is 0 Å². The average molecular weight is 328 g/mol. The maximum atomic E-state index is 13.9. The standard InChI is InChI=1S/C17H16F4O2/c1-16(22,12-5-3-10(18)7-14(12)20)9-17(2,23)13-6-4-11(19)8-15(13)21/h3-8,22-23H,9H2,1-2H3/t16-,17-/m1/s1. The highest BCUT2D eigenvalue weighted by atomic mass is 19.1. The van der Waals surface area contributed by atoms with Crippen LogP contribution < -0.4 is 0 Å². The Kier molecular flexibility index (Phi) is 4.50. The maximum absolute atomic E-state index is 13.9. The first kappa shape index (κ1) is 17.4. The van der Waals surface area contributed by atoms with Crippen molar-refractivity contribution < 1.29 is 27.8 Å². The van der Waals surface area contributed by atoms with E-state index >= 15 is 0 Å². The van der Waals surface area contributed by atoms with Gasteiger partial charge in [0.05, 0.1) is 11.2 Å². The van der Waals surface area contributed by atoms with Crippen molar-refractivity contribution in [3.05, 3.63) is 70.8 Å². The molecule has 0 heterocycles. The second-order valence-electron chi connectivity index (χ2n) is 5.97. The smallest absolute Gasteiger partial charge is 0.132 e. The number of aliphatic hydroxyl groups is 2. The lowest BCUT2D eigenvalue weighted by molar-refractivity contribution is -0.0556. The van der Waals surface area contributed by atoms with Gasteiger partial charge in [-0.3, -0.25) is 0 Å². The zero-order valence-electron chi connectivity index (χ0n) is 12.6. The van der Waals surface area contributed by atoms with Gasteiger partial charge in [-0.2, -0.15) is 0 Å². The van der Waals surface area contributed by atoms with Crippen molar-refractivity contribution in [2.45, 2.75) is 31.5 Å². The molecule has 6 heteroatoms. The van der Waals surface area contributed by atoms with Crippen LogP contribution in [0.3, 0.4) is 0 Å². The second kappa shape index (κ2) is 5.94. The van der Waals surface area contributed by atoms with E-state index in [1.807, 2.05) is 0 Å². The van der Waals surface area contributed by atoms with E-state index in [2.05, 4.69) is 0 Å². The lowest BCUT2D eigenvalue weighted by atomic mass is 9.80. The van der Waals surface area contributed by atoms with Gasteiger partial charge in [-0.15, -0.1) is 0 Å². The molecule has 0 saturated carbocycles. The van der Waals surface area contributed by atoms with E-state index in [-0.39, 0.29) is 11.1 Å². The maximum Gasteiger partial charge on any atom is 0.132 e. The Morgan fingerprint density at radius 3 is 1.39 bits per heavy atom. The Bertz CT molecular complexity index is 665. The van der Waals surface area contributed by atoms with E-state index in [0.29, 0.717) is 12.1 Å². The molecule has 0 aliphatic carbocycles. The molecule has 0 amide bonds. The van der Waals surface area contributed by atoms with E-state index in [4.69, 9.17) is 0 Å². The highest BCUT2D eigenvalue weighted by Gasteiger charge is 2.38. The van der Waals surface area contributed by atoms with Gasteiger partial charge in [0.25, 0.3) is 0 Å². The summed E-state index contributed by atoms with van der Waals surface area (Å²) in [7, 11) is 0. The molecular weight excluding hydrogens is 312 g/mol. The Labute approximate surface area is 131 Å². The number of halogens is 4. The predicted molar refractivity (Wildman–Crippen MR) is 76.5 cm³/mol.